The fraction of sp³-hybridized carbons (Fsp3) is 0. The Balaban J connectivity index is 1.18. The van der Waals surface area contributed by atoms with E-state index in [1.807, 2.05) is 0 Å². The van der Waals surface area contributed by atoms with Crippen LogP contribution < -0.4 is 21.3 Å². The van der Waals surface area contributed by atoms with Crippen LogP contribution in [-0.4, -0.2) is 15.8 Å². The van der Waals surface area contributed by atoms with Crippen LogP contribution in [0, 0.1) is 0 Å². The van der Waals surface area contributed by atoms with Crippen LogP contribution in [0.25, 0.3) is 65.8 Å². The normalized spacial score (nSPS) is 13.1. The van der Waals surface area contributed by atoms with Crippen LogP contribution in [0.5, 0.6) is 0 Å². The van der Waals surface area contributed by atoms with Crippen molar-refractivity contribution in [3.05, 3.63) is 170 Å². The number of para-hydroxylation sites is 4. The second-order valence-electron chi connectivity index (χ2n) is 13.7. The maximum atomic E-state index is 2.50. The van der Waals surface area contributed by atoms with Gasteiger partial charge in [-0.05, 0) is 88.4 Å². The van der Waals surface area contributed by atoms with E-state index >= 15 is 0 Å². The molecular formula is C46H28BN3. The van der Waals surface area contributed by atoms with E-state index < -0.39 is 0 Å². The summed E-state index contributed by atoms with van der Waals surface area (Å²) in [6.07, 6.45) is 0. The van der Waals surface area contributed by atoms with Crippen molar-refractivity contribution in [2.75, 3.05) is 4.90 Å². The molecule has 0 radical (unpaired) electrons. The third kappa shape index (κ3) is 3.26. The molecule has 0 amide bonds. The first-order valence-electron chi connectivity index (χ1n) is 17.4. The number of hydrogen-bond acceptors (Lipinski definition) is 1. The Bertz CT molecular complexity index is 3010. The number of rotatable bonds is 3. The lowest BCUT2D eigenvalue weighted by atomic mass is 9.33. The van der Waals surface area contributed by atoms with Crippen LogP contribution in [0.1, 0.15) is 0 Å². The van der Waals surface area contributed by atoms with Crippen LogP contribution >= 0.6 is 0 Å². The van der Waals surface area contributed by atoms with E-state index in [9.17, 15) is 0 Å². The monoisotopic (exact) mass is 633 g/mol. The van der Waals surface area contributed by atoms with Gasteiger partial charge < -0.3 is 14.0 Å². The number of nitrogens with zero attached hydrogens (tertiary/aromatic N) is 3. The summed E-state index contributed by atoms with van der Waals surface area (Å²) >= 11 is 0. The molecule has 0 unspecified atom stereocenters. The van der Waals surface area contributed by atoms with E-state index in [1.54, 1.807) is 0 Å². The average molecular weight is 634 g/mol. The molecule has 2 aliphatic heterocycles. The summed E-state index contributed by atoms with van der Waals surface area (Å²) in [7, 11) is 0. The van der Waals surface area contributed by atoms with Gasteiger partial charge in [0.25, 0.3) is 0 Å². The molecule has 4 heteroatoms. The average Bonchev–Trinajstić information content (AvgIpc) is 3.71. The lowest BCUT2D eigenvalue weighted by Gasteiger charge is -2.39. The molecule has 0 atom stereocenters. The van der Waals surface area contributed by atoms with Gasteiger partial charge in [-0.1, -0.05) is 109 Å². The molecule has 0 fully saturated rings. The molecule has 2 aliphatic rings. The molecule has 12 rings (SSSR count). The van der Waals surface area contributed by atoms with Crippen molar-refractivity contribution in [1.29, 1.82) is 0 Å². The molecule has 0 bridgehead atoms. The van der Waals surface area contributed by atoms with Gasteiger partial charge in [0.2, 0.25) is 6.71 Å². The zero-order valence-electron chi connectivity index (χ0n) is 27.1. The zero-order chi connectivity index (χ0) is 32.5. The Labute approximate surface area is 288 Å². The molecule has 0 saturated carbocycles. The summed E-state index contributed by atoms with van der Waals surface area (Å²) in [4.78, 5) is 2.47. The van der Waals surface area contributed by atoms with Crippen LogP contribution in [-0.2, 0) is 0 Å². The largest absolute Gasteiger partial charge is 0.312 e. The lowest BCUT2D eigenvalue weighted by molar-refractivity contribution is 1.13. The standard InChI is InChI=1S/C46H28BN3/c1-2-12-30(13-3-1)48-39-22-9-6-18-35(39)47-36-19-11-23-40-44(36)45-41(26-24-29-25-27-42(48)46(47)43(29)45)50(40)32-15-10-14-31(28-32)49-37-20-7-4-16-33(37)34-17-5-8-21-38(34)49/h1-28H. The first kappa shape index (κ1) is 26.4. The highest BCUT2D eigenvalue weighted by molar-refractivity contribution is 7.02. The minimum Gasteiger partial charge on any atom is -0.312 e. The van der Waals surface area contributed by atoms with Gasteiger partial charge in [0.05, 0.1) is 22.1 Å². The quantitative estimate of drug-likeness (QED) is 0.177. The topological polar surface area (TPSA) is 13.1 Å². The summed E-state index contributed by atoms with van der Waals surface area (Å²) in [6, 6.07) is 62.7. The molecule has 0 saturated heterocycles. The van der Waals surface area contributed by atoms with E-state index in [2.05, 4.69) is 184 Å². The molecule has 230 valence electrons. The first-order chi connectivity index (χ1) is 24.8. The van der Waals surface area contributed by atoms with E-state index in [0.717, 1.165) is 5.69 Å². The summed E-state index contributed by atoms with van der Waals surface area (Å²) in [5.41, 5.74) is 15.1. The molecule has 0 N–H and O–H groups in total. The van der Waals surface area contributed by atoms with Crippen LogP contribution in [0.2, 0.25) is 0 Å². The second kappa shape index (κ2) is 9.55. The molecule has 2 aromatic heterocycles. The molecule has 4 heterocycles. The minimum atomic E-state index is 0.145. The van der Waals surface area contributed by atoms with Crippen molar-refractivity contribution >= 4 is 94.5 Å². The van der Waals surface area contributed by atoms with Gasteiger partial charge in [-0.2, -0.15) is 0 Å². The zero-order valence-corrected chi connectivity index (χ0v) is 27.1. The van der Waals surface area contributed by atoms with Crippen LogP contribution in [0.3, 0.4) is 0 Å². The minimum absolute atomic E-state index is 0.145. The van der Waals surface area contributed by atoms with Gasteiger partial charge in [-0.15, -0.1) is 0 Å². The maximum Gasteiger partial charge on any atom is 0.248 e. The third-order valence-electron chi connectivity index (χ3n) is 11.3. The lowest BCUT2D eigenvalue weighted by Crippen LogP contribution is -2.58. The molecule has 10 aromatic rings. The van der Waals surface area contributed by atoms with Gasteiger partial charge >= 0.3 is 0 Å². The summed E-state index contributed by atoms with van der Waals surface area (Å²) in [5, 5.41) is 7.95. The van der Waals surface area contributed by atoms with E-state index in [4.69, 9.17) is 0 Å². The van der Waals surface area contributed by atoms with Gasteiger partial charge in [0.1, 0.15) is 0 Å². The highest BCUT2D eigenvalue weighted by Gasteiger charge is 2.41. The highest BCUT2D eigenvalue weighted by Crippen LogP contribution is 2.44. The van der Waals surface area contributed by atoms with Crippen molar-refractivity contribution in [3.63, 3.8) is 0 Å². The Morgan fingerprint density at radius 3 is 1.74 bits per heavy atom. The summed E-state index contributed by atoms with van der Waals surface area (Å²) in [5.74, 6) is 0. The summed E-state index contributed by atoms with van der Waals surface area (Å²) in [6.45, 7) is 0.145. The van der Waals surface area contributed by atoms with E-state index in [-0.39, 0.29) is 6.71 Å². The van der Waals surface area contributed by atoms with Crippen molar-refractivity contribution in [2.24, 2.45) is 0 Å². The number of fused-ring (bicyclic) bond motifs is 6. The molecule has 3 nitrogen and oxygen atoms in total. The predicted molar refractivity (Wildman–Crippen MR) is 212 cm³/mol. The molecular weight excluding hydrogens is 605 g/mol. The van der Waals surface area contributed by atoms with Gasteiger partial charge in [-0.3, -0.25) is 0 Å². The smallest absolute Gasteiger partial charge is 0.248 e. The van der Waals surface area contributed by atoms with Crippen molar-refractivity contribution in [1.82, 2.24) is 9.13 Å². The first-order valence-corrected chi connectivity index (χ1v) is 17.4. The van der Waals surface area contributed by atoms with Crippen LogP contribution in [0.4, 0.5) is 17.1 Å². The number of hydrogen-bond donors (Lipinski definition) is 0. The SMILES string of the molecule is c1ccc(N2c3ccccc3B3c4c2ccc2ccc5c(c42)c2c3cccc2n5-c2cccc(-n3c4ccccc4c4ccccc43)c2)cc1. The predicted octanol–water partition coefficient (Wildman–Crippen LogP) is 9.65. The third-order valence-corrected chi connectivity index (χ3v) is 11.3. The van der Waals surface area contributed by atoms with E-state index in [1.165, 1.54) is 93.5 Å². The van der Waals surface area contributed by atoms with Gasteiger partial charge in [0, 0.05) is 50.0 Å². The van der Waals surface area contributed by atoms with Gasteiger partial charge in [0.15, 0.2) is 0 Å². The van der Waals surface area contributed by atoms with Crippen molar-refractivity contribution < 1.29 is 0 Å². The second-order valence-corrected chi connectivity index (χ2v) is 13.7. The summed E-state index contributed by atoms with van der Waals surface area (Å²) < 4.78 is 4.92. The number of benzene rings is 8. The Morgan fingerprint density at radius 1 is 0.360 bits per heavy atom. The Morgan fingerprint density at radius 2 is 0.940 bits per heavy atom. The fourth-order valence-electron chi connectivity index (χ4n) is 9.39. The molecule has 50 heavy (non-hydrogen) atoms. The van der Waals surface area contributed by atoms with Crippen molar-refractivity contribution in [2.45, 2.75) is 0 Å². The van der Waals surface area contributed by atoms with Crippen LogP contribution in [0.15, 0.2) is 170 Å². The number of aromatic nitrogens is 2. The molecule has 0 spiro atoms. The highest BCUT2D eigenvalue weighted by atomic mass is 15.1. The molecule has 8 aromatic carbocycles. The Kier molecular flexibility index (Phi) is 5.05. The van der Waals surface area contributed by atoms with E-state index in [0.29, 0.717) is 0 Å². The van der Waals surface area contributed by atoms with Gasteiger partial charge in [-0.25, -0.2) is 0 Å². The van der Waals surface area contributed by atoms with Crippen molar-refractivity contribution in [3.8, 4) is 11.4 Å². The Hall–Kier alpha value is -6.52. The fourth-order valence-corrected chi connectivity index (χ4v) is 9.39. The number of anilines is 3. The molecule has 0 aliphatic carbocycles. The maximum absolute atomic E-state index is 2.50.